The third-order valence-electron chi connectivity index (χ3n) is 2.85. The maximum absolute atomic E-state index is 13.7. The van der Waals surface area contributed by atoms with Gasteiger partial charge in [-0.3, -0.25) is 0 Å². The minimum Gasteiger partial charge on any atom is -0.485 e. The van der Waals surface area contributed by atoms with Gasteiger partial charge in [0.25, 0.3) is 0 Å². The molecule has 2 N–H and O–H groups in total. The third-order valence-corrected chi connectivity index (χ3v) is 3.20. The highest BCUT2D eigenvalue weighted by molar-refractivity contribution is 6.31. The molecule has 0 fully saturated rings. The van der Waals surface area contributed by atoms with E-state index in [2.05, 4.69) is 0 Å². The summed E-state index contributed by atoms with van der Waals surface area (Å²) in [6.45, 7) is 2.40. The fourth-order valence-corrected chi connectivity index (χ4v) is 2.08. The second-order valence-electron chi connectivity index (χ2n) is 4.32. The molecule has 0 aliphatic heterocycles. The van der Waals surface area contributed by atoms with Gasteiger partial charge < -0.3 is 10.5 Å². The molecule has 0 aliphatic carbocycles. The summed E-state index contributed by atoms with van der Waals surface area (Å²) < 4.78 is 19.2. The number of rotatable bonds is 4. The molecule has 0 spiro atoms. The van der Waals surface area contributed by atoms with Crippen LogP contribution < -0.4 is 10.5 Å². The monoisotopic (exact) mass is 279 g/mol. The Morgan fingerprint density at radius 2 is 2.00 bits per heavy atom. The molecule has 2 aromatic rings. The molecule has 0 aromatic heterocycles. The lowest BCUT2D eigenvalue weighted by Crippen LogP contribution is -2.05. The number of hydrogen-bond donors (Lipinski definition) is 1. The first-order chi connectivity index (χ1) is 9.11. The summed E-state index contributed by atoms with van der Waals surface area (Å²) in [5.74, 6) is -0.215. The van der Waals surface area contributed by atoms with Gasteiger partial charge in [0.05, 0.1) is 0 Å². The average Bonchev–Trinajstić information content (AvgIpc) is 2.39. The van der Waals surface area contributed by atoms with E-state index in [4.69, 9.17) is 22.1 Å². The predicted octanol–water partition coefficient (Wildman–Crippen LogP) is 3.83. The normalized spacial score (nSPS) is 10.5. The molecular weight excluding hydrogens is 265 g/mol. The topological polar surface area (TPSA) is 35.2 Å². The fraction of sp³-hybridized carbons (Fsp3) is 0.200. The first kappa shape index (κ1) is 13.8. The van der Waals surface area contributed by atoms with Crippen molar-refractivity contribution in [2.45, 2.75) is 20.1 Å². The minimum atomic E-state index is -0.411. The molecule has 100 valence electrons. The molecule has 2 aromatic carbocycles. The van der Waals surface area contributed by atoms with Crippen molar-refractivity contribution in [3.63, 3.8) is 0 Å². The summed E-state index contributed by atoms with van der Waals surface area (Å²) in [5, 5.41) is 0.616. The van der Waals surface area contributed by atoms with Gasteiger partial charge in [0.2, 0.25) is 0 Å². The Hall–Kier alpha value is -1.58. The molecule has 4 heteroatoms. The second kappa shape index (κ2) is 6.04. The Bertz CT molecular complexity index is 586. The number of para-hydroxylation sites is 1. The molecule has 0 amide bonds. The SMILES string of the molecule is Cc1ccc(COc2c(F)cccc2CN)c(Cl)c1. The molecule has 0 bridgehead atoms. The van der Waals surface area contributed by atoms with Crippen LogP contribution in [-0.2, 0) is 13.2 Å². The van der Waals surface area contributed by atoms with Gasteiger partial charge >= 0.3 is 0 Å². The molecule has 0 radical (unpaired) electrons. The van der Waals surface area contributed by atoms with Gasteiger partial charge in [0.1, 0.15) is 6.61 Å². The number of halogens is 2. The van der Waals surface area contributed by atoms with Crippen molar-refractivity contribution >= 4 is 11.6 Å². The molecule has 0 saturated heterocycles. The van der Waals surface area contributed by atoms with Crippen LogP contribution in [-0.4, -0.2) is 0 Å². The van der Waals surface area contributed by atoms with Gasteiger partial charge in [0, 0.05) is 22.7 Å². The third kappa shape index (κ3) is 3.25. The van der Waals surface area contributed by atoms with Crippen LogP contribution in [0.2, 0.25) is 5.02 Å². The van der Waals surface area contributed by atoms with Gasteiger partial charge in [0.15, 0.2) is 11.6 Å². The fourth-order valence-electron chi connectivity index (χ4n) is 1.80. The smallest absolute Gasteiger partial charge is 0.165 e. The Kier molecular flexibility index (Phi) is 4.40. The molecule has 19 heavy (non-hydrogen) atoms. The molecule has 0 unspecified atom stereocenters. The predicted molar refractivity (Wildman–Crippen MR) is 74.8 cm³/mol. The van der Waals surface area contributed by atoms with Crippen LogP contribution in [0.25, 0.3) is 0 Å². The highest BCUT2D eigenvalue weighted by Crippen LogP contribution is 2.25. The highest BCUT2D eigenvalue weighted by atomic mass is 35.5. The standard InChI is InChI=1S/C15H15ClFNO/c1-10-5-6-12(13(16)7-10)9-19-15-11(8-18)3-2-4-14(15)17/h2-7H,8-9,18H2,1H3. The van der Waals surface area contributed by atoms with Crippen LogP contribution >= 0.6 is 11.6 Å². The maximum Gasteiger partial charge on any atom is 0.165 e. The molecule has 0 aliphatic rings. The van der Waals surface area contributed by atoms with Crippen molar-refractivity contribution in [3.05, 3.63) is 63.9 Å². The van der Waals surface area contributed by atoms with Crippen molar-refractivity contribution in [3.8, 4) is 5.75 Å². The molecule has 2 nitrogen and oxygen atoms in total. The Morgan fingerprint density at radius 1 is 1.21 bits per heavy atom. The maximum atomic E-state index is 13.7. The van der Waals surface area contributed by atoms with Crippen LogP contribution in [0, 0.1) is 12.7 Å². The summed E-state index contributed by atoms with van der Waals surface area (Å²) >= 11 is 6.11. The second-order valence-corrected chi connectivity index (χ2v) is 4.72. The molecule has 2 rings (SSSR count). The number of aryl methyl sites for hydroxylation is 1. The summed E-state index contributed by atoms with van der Waals surface area (Å²) in [7, 11) is 0. The van der Waals surface area contributed by atoms with Crippen LogP contribution in [0.15, 0.2) is 36.4 Å². The van der Waals surface area contributed by atoms with Crippen LogP contribution in [0.3, 0.4) is 0 Å². The van der Waals surface area contributed by atoms with E-state index < -0.39 is 5.82 Å². The average molecular weight is 280 g/mol. The van der Waals surface area contributed by atoms with Gasteiger partial charge in [-0.1, -0.05) is 35.9 Å². The zero-order valence-electron chi connectivity index (χ0n) is 10.6. The largest absolute Gasteiger partial charge is 0.485 e. The lowest BCUT2D eigenvalue weighted by molar-refractivity contribution is 0.287. The summed E-state index contributed by atoms with van der Waals surface area (Å²) in [6, 6.07) is 10.4. The highest BCUT2D eigenvalue weighted by Gasteiger charge is 2.10. The van der Waals surface area contributed by atoms with E-state index in [0.717, 1.165) is 11.1 Å². The van der Waals surface area contributed by atoms with Crippen molar-refractivity contribution in [1.82, 2.24) is 0 Å². The number of nitrogens with two attached hydrogens (primary N) is 1. The van der Waals surface area contributed by atoms with E-state index in [9.17, 15) is 4.39 Å². The van der Waals surface area contributed by atoms with Crippen molar-refractivity contribution in [2.75, 3.05) is 0 Å². The van der Waals surface area contributed by atoms with E-state index in [1.807, 2.05) is 25.1 Å². The van der Waals surface area contributed by atoms with E-state index in [1.54, 1.807) is 12.1 Å². The van der Waals surface area contributed by atoms with Gasteiger partial charge in [-0.05, 0) is 24.6 Å². The summed E-state index contributed by atoms with van der Waals surface area (Å²) in [5.41, 5.74) is 8.10. The Balaban J connectivity index is 2.19. The molecule has 0 heterocycles. The minimum absolute atomic E-state index is 0.196. The Morgan fingerprint density at radius 3 is 2.68 bits per heavy atom. The van der Waals surface area contributed by atoms with Crippen LogP contribution in [0.5, 0.6) is 5.75 Å². The van der Waals surface area contributed by atoms with E-state index in [-0.39, 0.29) is 18.9 Å². The van der Waals surface area contributed by atoms with E-state index >= 15 is 0 Å². The molecular formula is C15H15ClFNO. The van der Waals surface area contributed by atoms with Gasteiger partial charge in [-0.15, -0.1) is 0 Å². The van der Waals surface area contributed by atoms with Crippen LogP contribution in [0.1, 0.15) is 16.7 Å². The quantitative estimate of drug-likeness (QED) is 0.923. The first-order valence-electron chi connectivity index (χ1n) is 5.97. The molecule has 0 atom stereocenters. The number of ether oxygens (including phenoxy) is 1. The van der Waals surface area contributed by atoms with Gasteiger partial charge in [-0.25, -0.2) is 4.39 Å². The summed E-state index contributed by atoms with van der Waals surface area (Å²) in [6.07, 6.45) is 0. The lowest BCUT2D eigenvalue weighted by Gasteiger charge is -2.12. The van der Waals surface area contributed by atoms with Crippen molar-refractivity contribution < 1.29 is 9.13 Å². The number of hydrogen-bond acceptors (Lipinski definition) is 2. The molecule has 0 saturated carbocycles. The van der Waals surface area contributed by atoms with Gasteiger partial charge in [-0.2, -0.15) is 0 Å². The zero-order valence-corrected chi connectivity index (χ0v) is 11.4. The first-order valence-corrected chi connectivity index (χ1v) is 6.35. The van der Waals surface area contributed by atoms with E-state index in [1.165, 1.54) is 6.07 Å². The van der Waals surface area contributed by atoms with Crippen molar-refractivity contribution in [2.24, 2.45) is 5.73 Å². The lowest BCUT2D eigenvalue weighted by atomic mass is 10.1. The number of benzene rings is 2. The zero-order chi connectivity index (χ0) is 13.8. The van der Waals surface area contributed by atoms with Crippen molar-refractivity contribution in [1.29, 1.82) is 0 Å². The van der Waals surface area contributed by atoms with Crippen LogP contribution in [0.4, 0.5) is 4.39 Å². The Labute approximate surface area is 117 Å². The summed E-state index contributed by atoms with van der Waals surface area (Å²) in [4.78, 5) is 0. The van der Waals surface area contributed by atoms with E-state index in [0.29, 0.717) is 10.6 Å².